The molecule has 0 N–H and O–H groups in total. The smallest absolute Gasteiger partial charge is 0.243 e. The Labute approximate surface area is 153 Å². The third kappa shape index (κ3) is 3.61. The number of hydrogen-bond acceptors (Lipinski definition) is 4. The molecule has 2 aromatic rings. The number of methoxy groups -OCH3 is 1. The first kappa shape index (κ1) is 18.0. The SMILES string of the molecule is COc1ccc(S(=O)(=O)N2CCN(c3ccccc3C)CC2)cc1Cl. The number of anilines is 1. The first-order valence-electron chi connectivity index (χ1n) is 8.08. The molecule has 1 aliphatic rings. The fourth-order valence-electron chi connectivity index (χ4n) is 3.04. The molecule has 0 atom stereocenters. The third-order valence-electron chi connectivity index (χ3n) is 4.46. The van der Waals surface area contributed by atoms with Crippen LogP contribution in [-0.4, -0.2) is 46.0 Å². The number of sulfonamides is 1. The fraction of sp³-hybridized carbons (Fsp3) is 0.333. The molecule has 0 aliphatic carbocycles. The third-order valence-corrected chi connectivity index (χ3v) is 6.65. The van der Waals surface area contributed by atoms with Gasteiger partial charge < -0.3 is 9.64 Å². The van der Waals surface area contributed by atoms with Gasteiger partial charge in [-0.3, -0.25) is 0 Å². The van der Waals surface area contributed by atoms with Crippen molar-refractivity contribution in [2.24, 2.45) is 0 Å². The summed E-state index contributed by atoms with van der Waals surface area (Å²) in [4.78, 5) is 2.42. The van der Waals surface area contributed by atoms with Gasteiger partial charge in [0.05, 0.1) is 17.0 Å². The lowest BCUT2D eigenvalue weighted by atomic mass is 10.1. The van der Waals surface area contributed by atoms with Crippen LogP contribution in [0.15, 0.2) is 47.4 Å². The van der Waals surface area contributed by atoms with Crippen molar-refractivity contribution in [1.29, 1.82) is 0 Å². The van der Waals surface area contributed by atoms with Crippen LogP contribution in [-0.2, 0) is 10.0 Å². The van der Waals surface area contributed by atoms with Crippen LogP contribution in [0.1, 0.15) is 5.56 Å². The highest BCUT2D eigenvalue weighted by atomic mass is 35.5. The Balaban J connectivity index is 1.76. The molecule has 1 aliphatic heterocycles. The number of halogens is 1. The molecule has 3 rings (SSSR count). The van der Waals surface area contributed by atoms with Crippen molar-refractivity contribution in [3.63, 3.8) is 0 Å². The number of piperazine rings is 1. The summed E-state index contributed by atoms with van der Waals surface area (Å²) in [7, 11) is -2.06. The maximum atomic E-state index is 12.9. The zero-order chi connectivity index (χ0) is 18.0. The number of para-hydroxylation sites is 1. The minimum atomic E-state index is -3.56. The predicted octanol–water partition coefficient (Wildman–Crippen LogP) is 3.17. The molecule has 2 aromatic carbocycles. The monoisotopic (exact) mass is 380 g/mol. The Kier molecular flexibility index (Phi) is 5.22. The average Bonchev–Trinajstić information content (AvgIpc) is 2.62. The number of rotatable bonds is 4. The predicted molar refractivity (Wildman–Crippen MR) is 100 cm³/mol. The summed E-state index contributed by atoms with van der Waals surface area (Å²) in [5.74, 6) is 0.463. The van der Waals surface area contributed by atoms with Gasteiger partial charge in [0, 0.05) is 31.9 Å². The van der Waals surface area contributed by atoms with Crippen LogP contribution in [0.3, 0.4) is 0 Å². The Morgan fingerprint density at radius 2 is 1.72 bits per heavy atom. The standard InChI is InChI=1S/C18H21ClN2O3S/c1-14-5-3-4-6-17(14)20-9-11-21(12-10-20)25(22,23)15-7-8-18(24-2)16(19)13-15/h3-8,13H,9-12H2,1-2H3. The van der Waals surface area contributed by atoms with E-state index >= 15 is 0 Å². The summed E-state index contributed by atoms with van der Waals surface area (Å²) >= 11 is 6.08. The lowest BCUT2D eigenvalue weighted by Gasteiger charge is -2.36. The van der Waals surface area contributed by atoms with Crippen LogP contribution < -0.4 is 9.64 Å². The molecule has 0 spiro atoms. The quantitative estimate of drug-likeness (QED) is 0.817. The van der Waals surface area contributed by atoms with Gasteiger partial charge in [-0.1, -0.05) is 29.8 Å². The molecule has 1 saturated heterocycles. The van der Waals surface area contributed by atoms with E-state index in [4.69, 9.17) is 16.3 Å². The van der Waals surface area contributed by atoms with Gasteiger partial charge in [-0.25, -0.2) is 8.42 Å². The van der Waals surface area contributed by atoms with Gasteiger partial charge in [-0.2, -0.15) is 4.31 Å². The van der Waals surface area contributed by atoms with E-state index < -0.39 is 10.0 Å². The van der Waals surface area contributed by atoms with Crippen molar-refractivity contribution in [3.05, 3.63) is 53.1 Å². The first-order valence-corrected chi connectivity index (χ1v) is 9.89. The first-order chi connectivity index (χ1) is 11.9. The van der Waals surface area contributed by atoms with Crippen molar-refractivity contribution in [3.8, 4) is 5.75 Å². The molecule has 25 heavy (non-hydrogen) atoms. The highest BCUT2D eigenvalue weighted by Crippen LogP contribution is 2.29. The topological polar surface area (TPSA) is 49.9 Å². The number of benzene rings is 2. The van der Waals surface area contributed by atoms with E-state index in [0.717, 1.165) is 5.69 Å². The summed E-state index contributed by atoms with van der Waals surface area (Å²) in [5, 5.41) is 0.294. The van der Waals surface area contributed by atoms with Gasteiger partial charge in [0.25, 0.3) is 0 Å². The molecule has 7 heteroatoms. The molecule has 0 bridgehead atoms. The summed E-state index contributed by atoms with van der Waals surface area (Å²) < 4.78 is 32.3. The van der Waals surface area contributed by atoms with Crippen LogP contribution in [0.4, 0.5) is 5.69 Å². The summed E-state index contributed by atoms with van der Waals surface area (Å²) in [5.41, 5.74) is 2.35. The zero-order valence-electron chi connectivity index (χ0n) is 14.3. The Morgan fingerprint density at radius 1 is 1.04 bits per heavy atom. The molecule has 134 valence electrons. The summed E-state index contributed by atoms with van der Waals surface area (Å²) in [6.07, 6.45) is 0. The van der Waals surface area contributed by atoms with Gasteiger partial charge in [-0.05, 0) is 36.8 Å². The molecule has 5 nitrogen and oxygen atoms in total. The van der Waals surface area contributed by atoms with Gasteiger partial charge >= 0.3 is 0 Å². The molecule has 0 aromatic heterocycles. The molecule has 0 saturated carbocycles. The highest BCUT2D eigenvalue weighted by molar-refractivity contribution is 7.89. The minimum absolute atomic E-state index is 0.197. The molecule has 1 heterocycles. The van der Waals surface area contributed by atoms with Crippen molar-refractivity contribution >= 4 is 27.3 Å². The molecular formula is C18H21ClN2O3S. The van der Waals surface area contributed by atoms with Crippen LogP contribution in [0.5, 0.6) is 5.75 Å². The van der Waals surface area contributed by atoms with Gasteiger partial charge in [0.15, 0.2) is 0 Å². The van der Waals surface area contributed by atoms with Crippen LogP contribution in [0, 0.1) is 6.92 Å². The lowest BCUT2D eigenvalue weighted by molar-refractivity contribution is 0.384. The second kappa shape index (κ2) is 7.23. The average molecular weight is 381 g/mol. The normalized spacial score (nSPS) is 16.0. The zero-order valence-corrected chi connectivity index (χ0v) is 15.8. The number of aryl methyl sites for hydroxylation is 1. The van der Waals surface area contributed by atoms with Crippen molar-refractivity contribution in [2.75, 3.05) is 38.2 Å². The molecular weight excluding hydrogens is 360 g/mol. The van der Waals surface area contributed by atoms with E-state index in [9.17, 15) is 8.42 Å². The Hall–Kier alpha value is -1.76. The van der Waals surface area contributed by atoms with Crippen molar-refractivity contribution in [1.82, 2.24) is 4.31 Å². The van der Waals surface area contributed by atoms with E-state index in [1.807, 2.05) is 12.1 Å². The fourth-order valence-corrected chi connectivity index (χ4v) is 4.82. The minimum Gasteiger partial charge on any atom is -0.495 e. The van der Waals surface area contributed by atoms with Crippen LogP contribution in [0.2, 0.25) is 5.02 Å². The number of hydrogen-bond donors (Lipinski definition) is 0. The molecule has 0 radical (unpaired) electrons. The van der Waals surface area contributed by atoms with E-state index in [1.54, 1.807) is 6.07 Å². The number of ether oxygens (including phenoxy) is 1. The molecule has 1 fully saturated rings. The largest absolute Gasteiger partial charge is 0.495 e. The van der Waals surface area contributed by atoms with E-state index in [2.05, 4.69) is 24.0 Å². The second-order valence-corrected chi connectivity index (χ2v) is 8.32. The van der Waals surface area contributed by atoms with Crippen LogP contribution in [0.25, 0.3) is 0 Å². The van der Waals surface area contributed by atoms with Crippen LogP contribution >= 0.6 is 11.6 Å². The number of nitrogens with zero attached hydrogens (tertiary/aromatic N) is 2. The summed E-state index contributed by atoms with van der Waals surface area (Å²) in [6, 6.07) is 12.7. The second-order valence-electron chi connectivity index (χ2n) is 5.97. The van der Waals surface area contributed by atoms with E-state index in [-0.39, 0.29) is 4.90 Å². The maximum Gasteiger partial charge on any atom is 0.243 e. The Morgan fingerprint density at radius 3 is 2.32 bits per heavy atom. The van der Waals surface area contributed by atoms with E-state index in [0.29, 0.717) is 37.0 Å². The lowest BCUT2D eigenvalue weighted by Crippen LogP contribution is -2.48. The highest BCUT2D eigenvalue weighted by Gasteiger charge is 2.29. The maximum absolute atomic E-state index is 12.9. The Bertz CT molecular complexity index is 862. The van der Waals surface area contributed by atoms with Crippen molar-refractivity contribution in [2.45, 2.75) is 11.8 Å². The molecule has 0 amide bonds. The van der Waals surface area contributed by atoms with E-state index in [1.165, 1.54) is 29.1 Å². The summed E-state index contributed by atoms with van der Waals surface area (Å²) in [6.45, 7) is 4.28. The van der Waals surface area contributed by atoms with Crippen molar-refractivity contribution < 1.29 is 13.2 Å². The van der Waals surface area contributed by atoms with Gasteiger partial charge in [0.1, 0.15) is 5.75 Å². The van der Waals surface area contributed by atoms with Gasteiger partial charge in [-0.15, -0.1) is 0 Å². The molecule has 0 unspecified atom stereocenters. The van der Waals surface area contributed by atoms with Gasteiger partial charge in [0.2, 0.25) is 10.0 Å².